The molecule has 6 nitrogen and oxygen atoms in total. The van der Waals surface area contributed by atoms with E-state index in [1.165, 1.54) is 22.7 Å². The van der Waals surface area contributed by atoms with Gasteiger partial charge in [0, 0.05) is 43.6 Å². The highest BCUT2D eigenvalue weighted by Gasteiger charge is 2.33. The summed E-state index contributed by atoms with van der Waals surface area (Å²) in [5.74, 6) is 0.0181. The quantitative estimate of drug-likeness (QED) is 0.753. The van der Waals surface area contributed by atoms with Crippen molar-refractivity contribution in [3.63, 3.8) is 0 Å². The number of nitrogens with zero attached hydrogens (tertiary/aromatic N) is 3. The monoisotopic (exact) mass is 427 g/mol. The van der Waals surface area contributed by atoms with Crippen LogP contribution in [0.1, 0.15) is 58.2 Å². The van der Waals surface area contributed by atoms with Crippen molar-refractivity contribution in [3.8, 4) is 0 Å². The van der Waals surface area contributed by atoms with E-state index in [1.807, 2.05) is 25.1 Å². The maximum Gasteiger partial charge on any atom is 0.255 e. The summed E-state index contributed by atoms with van der Waals surface area (Å²) < 4.78 is 30.1. The molecule has 5 rings (SSSR count). The lowest BCUT2D eigenvalue weighted by molar-refractivity contribution is 0.0697. The molecule has 0 unspecified atom stereocenters. The average molecular weight is 428 g/mol. The molecule has 160 valence electrons. The second-order valence-electron chi connectivity index (χ2n) is 8.87. The first-order valence-electron chi connectivity index (χ1n) is 11.0. The normalized spacial score (nSPS) is 19.9. The van der Waals surface area contributed by atoms with Crippen LogP contribution in [0.5, 0.6) is 0 Å². The highest BCUT2D eigenvalue weighted by molar-refractivity contribution is 7.89. The number of amides is 1. The number of carbonyl (C=O) groups excluding carboxylic acids is 1. The number of aromatic nitrogens is 1. The maximum absolute atomic E-state index is 13.1. The first kappa shape index (κ1) is 19.8. The zero-order valence-electron chi connectivity index (χ0n) is 17.7. The molecule has 0 spiro atoms. The fourth-order valence-electron chi connectivity index (χ4n) is 5.05. The van der Waals surface area contributed by atoms with Crippen LogP contribution in [-0.4, -0.2) is 54.3 Å². The predicted molar refractivity (Wildman–Crippen MR) is 115 cm³/mol. The summed E-state index contributed by atoms with van der Waals surface area (Å²) in [6.45, 7) is 5.61. The SMILES string of the molecule is Cc1cc(C(=O)N2CCN(S(=O)(=O)c3ccc4c(c3)CCC4)CC2)c(C)n1C1CC1. The van der Waals surface area contributed by atoms with E-state index in [-0.39, 0.29) is 5.91 Å². The van der Waals surface area contributed by atoms with E-state index >= 15 is 0 Å². The summed E-state index contributed by atoms with van der Waals surface area (Å²) in [7, 11) is -3.52. The number of sulfonamides is 1. The Balaban J connectivity index is 1.29. The Bertz CT molecular complexity index is 1110. The number of rotatable bonds is 4. The highest BCUT2D eigenvalue weighted by atomic mass is 32.2. The number of hydrogen-bond acceptors (Lipinski definition) is 3. The summed E-state index contributed by atoms with van der Waals surface area (Å²) in [4.78, 5) is 15.3. The van der Waals surface area contributed by atoms with Crippen LogP contribution >= 0.6 is 0 Å². The number of benzene rings is 1. The van der Waals surface area contributed by atoms with Crippen LogP contribution < -0.4 is 0 Å². The first-order valence-corrected chi connectivity index (χ1v) is 12.4. The van der Waals surface area contributed by atoms with Gasteiger partial charge in [-0.05, 0) is 75.3 Å². The van der Waals surface area contributed by atoms with E-state index in [1.54, 1.807) is 11.0 Å². The summed E-state index contributed by atoms with van der Waals surface area (Å²) >= 11 is 0. The van der Waals surface area contributed by atoms with Gasteiger partial charge in [-0.2, -0.15) is 4.31 Å². The van der Waals surface area contributed by atoms with Crippen molar-refractivity contribution in [1.82, 2.24) is 13.8 Å². The summed E-state index contributed by atoms with van der Waals surface area (Å²) in [6.07, 6.45) is 5.46. The smallest absolute Gasteiger partial charge is 0.255 e. The van der Waals surface area contributed by atoms with Gasteiger partial charge < -0.3 is 9.47 Å². The molecule has 1 aromatic heterocycles. The molecule has 1 saturated carbocycles. The van der Waals surface area contributed by atoms with Crippen molar-refractivity contribution < 1.29 is 13.2 Å². The van der Waals surface area contributed by atoms with E-state index in [2.05, 4.69) is 11.5 Å². The third-order valence-corrected chi connectivity index (χ3v) is 8.76. The van der Waals surface area contributed by atoms with Gasteiger partial charge in [0.05, 0.1) is 10.5 Å². The molecule has 0 N–H and O–H groups in total. The van der Waals surface area contributed by atoms with Gasteiger partial charge >= 0.3 is 0 Å². The van der Waals surface area contributed by atoms with Gasteiger partial charge in [-0.15, -0.1) is 0 Å². The third kappa shape index (κ3) is 3.28. The average Bonchev–Trinajstić information content (AvgIpc) is 3.37. The Kier molecular flexibility index (Phi) is 4.78. The third-order valence-electron chi connectivity index (χ3n) is 6.86. The van der Waals surface area contributed by atoms with Crippen LogP contribution in [0.4, 0.5) is 0 Å². The van der Waals surface area contributed by atoms with Gasteiger partial charge in [-0.3, -0.25) is 4.79 Å². The van der Waals surface area contributed by atoms with E-state index in [0.29, 0.717) is 37.1 Å². The minimum Gasteiger partial charge on any atom is -0.345 e. The highest BCUT2D eigenvalue weighted by Crippen LogP contribution is 2.38. The van der Waals surface area contributed by atoms with E-state index in [4.69, 9.17) is 0 Å². The van der Waals surface area contributed by atoms with Crippen LogP contribution in [0.25, 0.3) is 0 Å². The molecule has 1 amide bonds. The van der Waals surface area contributed by atoms with Crippen molar-refractivity contribution in [2.75, 3.05) is 26.2 Å². The number of aryl methyl sites for hydroxylation is 3. The second-order valence-corrected chi connectivity index (χ2v) is 10.8. The lowest BCUT2D eigenvalue weighted by Crippen LogP contribution is -2.50. The number of carbonyl (C=O) groups is 1. The molecule has 7 heteroatoms. The fourth-order valence-corrected chi connectivity index (χ4v) is 6.52. The second kappa shape index (κ2) is 7.24. The van der Waals surface area contributed by atoms with Gasteiger partial charge in [0.2, 0.25) is 10.0 Å². The van der Waals surface area contributed by atoms with Gasteiger partial charge in [-0.1, -0.05) is 6.07 Å². The van der Waals surface area contributed by atoms with Crippen LogP contribution in [0.2, 0.25) is 0 Å². The van der Waals surface area contributed by atoms with Crippen molar-refractivity contribution in [3.05, 3.63) is 52.3 Å². The van der Waals surface area contributed by atoms with Crippen molar-refractivity contribution in [1.29, 1.82) is 0 Å². The van der Waals surface area contributed by atoms with E-state index in [9.17, 15) is 13.2 Å². The van der Waals surface area contributed by atoms with Crippen molar-refractivity contribution in [2.24, 2.45) is 0 Å². The molecule has 1 aromatic carbocycles. The number of fused-ring (bicyclic) bond motifs is 1. The molecule has 2 fully saturated rings. The molecule has 0 bridgehead atoms. The minimum atomic E-state index is -3.52. The fraction of sp³-hybridized carbons (Fsp3) is 0.522. The topological polar surface area (TPSA) is 62.6 Å². The van der Waals surface area contributed by atoms with Gasteiger partial charge in [0.25, 0.3) is 5.91 Å². The summed E-state index contributed by atoms with van der Waals surface area (Å²) in [5.41, 5.74) is 5.36. The Morgan fingerprint density at radius 3 is 2.37 bits per heavy atom. The van der Waals surface area contributed by atoms with Crippen molar-refractivity contribution >= 4 is 15.9 Å². The molecule has 1 aliphatic heterocycles. The molecule has 1 saturated heterocycles. The van der Waals surface area contributed by atoms with Crippen LogP contribution in [-0.2, 0) is 22.9 Å². The molecule has 2 heterocycles. The van der Waals surface area contributed by atoms with Gasteiger partial charge in [0.1, 0.15) is 0 Å². The molecule has 2 aliphatic carbocycles. The molecule has 3 aliphatic rings. The van der Waals surface area contributed by atoms with Gasteiger partial charge in [0.15, 0.2) is 0 Å². The van der Waals surface area contributed by atoms with E-state index < -0.39 is 10.0 Å². The van der Waals surface area contributed by atoms with Crippen LogP contribution in [0, 0.1) is 13.8 Å². The number of hydrogen-bond donors (Lipinski definition) is 0. The minimum absolute atomic E-state index is 0.0181. The lowest BCUT2D eigenvalue weighted by atomic mass is 10.1. The molecule has 2 aromatic rings. The molecular weight excluding hydrogens is 398 g/mol. The lowest BCUT2D eigenvalue weighted by Gasteiger charge is -2.34. The van der Waals surface area contributed by atoms with E-state index in [0.717, 1.165) is 41.8 Å². The molecular formula is C23H29N3O3S. The summed E-state index contributed by atoms with van der Waals surface area (Å²) in [5, 5.41) is 0. The number of piperazine rings is 1. The maximum atomic E-state index is 13.1. The zero-order chi connectivity index (χ0) is 21.0. The molecule has 0 radical (unpaired) electrons. The summed E-state index contributed by atoms with van der Waals surface area (Å²) in [6, 6.07) is 8.08. The zero-order valence-corrected chi connectivity index (χ0v) is 18.5. The Morgan fingerprint density at radius 1 is 0.967 bits per heavy atom. The van der Waals surface area contributed by atoms with Gasteiger partial charge in [-0.25, -0.2) is 8.42 Å². The van der Waals surface area contributed by atoms with Crippen molar-refractivity contribution in [2.45, 2.75) is 56.9 Å². The van der Waals surface area contributed by atoms with Crippen LogP contribution in [0.3, 0.4) is 0 Å². The Hall–Kier alpha value is -2.12. The Morgan fingerprint density at radius 2 is 1.67 bits per heavy atom. The largest absolute Gasteiger partial charge is 0.345 e. The predicted octanol–water partition coefficient (Wildman–Crippen LogP) is 3.08. The standard InChI is InChI=1S/C23H29N3O3S/c1-16-14-22(17(2)26(16)20-7-8-20)23(27)24-10-12-25(13-11-24)30(28,29)21-9-6-18-4-3-5-19(18)15-21/h6,9,14-15,20H,3-5,7-8,10-13H2,1-2H3. The first-order chi connectivity index (χ1) is 14.4. The van der Waals surface area contributed by atoms with Crippen LogP contribution in [0.15, 0.2) is 29.2 Å². The molecule has 0 atom stereocenters. The Labute approximate surface area is 178 Å². The molecule has 30 heavy (non-hydrogen) atoms.